The molecule has 0 bridgehead atoms. The van der Waals surface area contributed by atoms with E-state index < -0.39 is 10.0 Å². The van der Waals surface area contributed by atoms with Gasteiger partial charge >= 0.3 is 0 Å². The number of hydrogen-bond donors (Lipinski definition) is 2. The molecule has 0 aliphatic rings. The lowest BCUT2D eigenvalue weighted by molar-refractivity contribution is -0.121. The van der Waals surface area contributed by atoms with Gasteiger partial charge < -0.3 is 10.1 Å². The smallest absolute Gasteiger partial charge is 0.250 e. The topological polar surface area (TPSA) is 84.5 Å². The van der Waals surface area contributed by atoms with E-state index in [-0.39, 0.29) is 23.1 Å². The van der Waals surface area contributed by atoms with Gasteiger partial charge in [-0.25, -0.2) is 13.1 Å². The number of sulfonamides is 1. The molecule has 0 spiro atoms. The molecule has 0 fully saturated rings. The van der Waals surface area contributed by atoms with Crippen LogP contribution in [-0.2, 0) is 14.8 Å². The van der Waals surface area contributed by atoms with E-state index in [0.29, 0.717) is 13.2 Å². The highest BCUT2D eigenvalue weighted by Crippen LogP contribution is 2.15. The molecule has 8 heteroatoms. The third kappa shape index (κ3) is 5.95. The molecular weight excluding hydrogens is 348 g/mol. The van der Waals surface area contributed by atoms with E-state index in [1.165, 1.54) is 6.07 Å². The Bertz CT molecular complexity index is 741. The van der Waals surface area contributed by atoms with Gasteiger partial charge in [-0.2, -0.15) is 0 Å². The second-order valence-electron chi connectivity index (χ2n) is 5.09. The number of amides is 1. The molecule has 0 radical (unpaired) electrons. The van der Waals surface area contributed by atoms with Crippen molar-refractivity contribution < 1.29 is 17.9 Å². The van der Waals surface area contributed by atoms with Crippen LogP contribution in [0.2, 0.25) is 0 Å². The van der Waals surface area contributed by atoms with E-state index in [1.807, 2.05) is 31.2 Å². The zero-order valence-electron chi connectivity index (χ0n) is 13.3. The van der Waals surface area contributed by atoms with Crippen LogP contribution in [0.4, 0.5) is 0 Å². The van der Waals surface area contributed by atoms with E-state index in [2.05, 4.69) is 10.0 Å². The fraction of sp³-hybridized carbons (Fsp3) is 0.312. The first-order valence-electron chi connectivity index (χ1n) is 7.47. The molecule has 6 nitrogen and oxygen atoms in total. The van der Waals surface area contributed by atoms with Crippen LogP contribution < -0.4 is 14.8 Å². The summed E-state index contributed by atoms with van der Waals surface area (Å²) in [5, 5.41) is 4.38. The van der Waals surface area contributed by atoms with E-state index in [4.69, 9.17) is 4.74 Å². The minimum Gasteiger partial charge on any atom is -0.492 e. The summed E-state index contributed by atoms with van der Waals surface area (Å²) < 4.78 is 31.9. The van der Waals surface area contributed by atoms with Gasteiger partial charge in [-0.05, 0) is 30.5 Å². The fourth-order valence-electron chi connectivity index (χ4n) is 1.87. The molecule has 1 aromatic carbocycles. The monoisotopic (exact) mass is 368 g/mol. The third-order valence-corrected chi connectivity index (χ3v) is 5.98. The zero-order chi connectivity index (χ0) is 17.4. The summed E-state index contributed by atoms with van der Waals surface area (Å²) in [5.74, 6) is 0.523. The average molecular weight is 368 g/mol. The number of nitrogens with one attached hydrogen (secondary N) is 2. The standard InChI is InChI=1S/C16H20N2O4S2/c1-13-4-6-14(7-5-13)22-11-10-17-15(19)8-9-18-24(20,21)16-3-2-12-23-16/h2-7,12,18H,8-11H2,1H3,(H,17,19). The molecule has 0 aliphatic heterocycles. The molecule has 24 heavy (non-hydrogen) atoms. The Kier molecular flexibility index (Phi) is 6.77. The number of aryl methyl sites for hydroxylation is 1. The van der Waals surface area contributed by atoms with Crippen molar-refractivity contribution in [3.8, 4) is 5.75 Å². The normalized spacial score (nSPS) is 11.2. The Balaban J connectivity index is 1.61. The van der Waals surface area contributed by atoms with Crippen molar-refractivity contribution in [3.05, 3.63) is 47.3 Å². The van der Waals surface area contributed by atoms with Crippen LogP contribution in [0.1, 0.15) is 12.0 Å². The number of thiophene rings is 1. The van der Waals surface area contributed by atoms with Crippen molar-refractivity contribution in [1.82, 2.24) is 10.0 Å². The van der Waals surface area contributed by atoms with Gasteiger partial charge in [-0.3, -0.25) is 4.79 Å². The van der Waals surface area contributed by atoms with Gasteiger partial charge in [0.25, 0.3) is 0 Å². The van der Waals surface area contributed by atoms with Gasteiger partial charge in [0, 0.05) is 13.0 Å². The molecule has 130 valence electrons. The highest BCUT2D eigenvalue weighted by atomic mass is 32.2. The fourth-order valence-corrected chi connectivity index (χ4v) is 3.94. The largest absolute Gasteiger partial charge is 0.492 e. The predicted octanol–water partition coefficient (Wildman–Crippen LogP) is 1.92. The van der Waals surface area contributed by atoms with E-state index in [1.54, 1.807) is 11.4 Å². The van der Waals surface area contributed by atoms with Gasteiger partial charge in [0.2, 0.25) is 15.9 Å². The average Bonchev–Trinajstić information content (AvgIpc) is 3.08. The molecule has 0 saturated carbocycles. The highest BCUT2D eigenvalue weighted by Gasteiger charge is 2.14. The van der Waals surface area contributed by atoms with Gasteiger partial charge in [0.15, 0.2) is 0 Å². The van der Waals surface area contributed by atoms with Gasteiger partial charge in [0.1, 0.15) is 16.6 Å². The van der Waals surface area contributed by atoms with Crippen LogP contribution in [0.25, 0.3) is 0 Å². The number of ether oxygens (including phenoxy) is 1. The molecule has 0 unspecified atom stereocenters. The van der Waals surface area contributed by atoms with Crippen LogP contribution in [0, 0.1) is 6.92 Å². The summed E-state index contributed by atoms with van der Waals surface area (Å²) in [5.41, 5.74) is 1.15. The number of rotatable bonds is 9. The summed E-state index contributed by atoms with van der Waals surface area (Å²) in [4.78, 5) is 11.7. The molecule has 1 heterocycles. The summed E-state index contributed by atoms with van der Waals surface area (Å²) in [6, 6.07) is 10.8. The molecule has 1 aromatic heterocycles. The first kappa shape index (κ1) is 18.4. The number of carbonyl (C=O) groups excluding carboxylic acids is 1. The van der Waals surface area contributed by atoms with Crippen LogP contribution in [0.3, 0.4) is 0 Å². The first-order valence-corrected chi connectivity index (χ1v) is 9.83. The SMILES string of the molecule is Cc1ccc(OCCNC(=O)CCNS(=O)(=O)c2cccs2)cc1. The lowest BCUT2D eigenvalue weighted by Crippen LogP contribution is -2.32. The second kappa shape index (κ2) is 8.81. The van der Waals surface area contributed by atoms with Crippen LogP contribution in [0.5, 0.6) is 5.75 Å². The molecule has 2 N–H and O–H groups in total. The highest BCUT2D eigenvalue weighted by molar-refractivity contribution is 7.91. The van der Waals surface area contributed by atoms with Crippen LogP contribution >= 0.6 is 11.3 Å². The Hall–Kier alpha value is -1.90. The zero-order valence-corrected chi connectivity index (χ0v) is 15.0. The molecule has 0 aliphatic carbocycles. The van der Waals surface area contributed by atoms with E-state index in [0.717, 1.165) is 22.6 Å². The summed E-state index contributed by atoms with van der Waals surface area (Å²) in [7, 11) is -3.51. The quantitative estimate of drug-likeness (QED) is 0.662. The van der Waals surface area contributed by atoms with Crippen LogP contribution in [0.15, 0.2) is 46.0 Å². The molecule has 2 aromatic rings. The molecule has 0 atom stereocenters. The lowest BCUT2D eigenvalue weighted by Gasteiger charge is -2.08. The third-order valence-electron chi connectivity index (χ3n) is 3.12. The summed E-state index contributed by atoms with van der Waals surface area (Å²) >= 11 is 1.14. The molecule has 1 amide bonds. The van der Waals surface area contributed by atoms with Crippen molar-refractivity contribution in [1.29, 1.82) is 0 Å². The number of benzene rings is 1. The van der Waals surface area contributed by atoms with E-state index in [9.17, 15) is 13.2 Å². The van der Waals surface area contributed by atoms with Crippen LogP contribution in [-0.4, -0.2) is 34.0 Å². The van der Waals surface area contributed by atoms with Gasteiger partial charge in [-0.1, -0.05) is 23.8 Å². The second-order valence-corrected chi connectivity index (χ2v) is 8.03. The summed E-state index contributed by atoms with van der Waals surface area (Å²) in [6.45, 7) is 2.78. The maximum atomic E-state index is 11.9. The molecule has 0 saturated heterocycles. The summed E-state index contributed by atoms with van der Waals surface area (Å²) in [6.07, 6.45) is 0.0785. The minimum absolute atomic E-state index is 0.0604. The lowest BCUT2D eigenvalue weighted by atomic mass is 10.2. The number of carbonyl (C=O) groups is 1. The van der Waals surface area contributed by atoms with Crippen molar-refractivity contribution in [2.45, 2.75) is 17.6 Å². The van der Waals surface area contributed by atoms with Crippen molar-refractivity contribution >= 4 is 27.3 Å². The van der Waals surface area contributed by atoms with E-state index >= 15 is 0 Å². The molecule has 2 rings (SSSR count). The maximum absolute atomic E-state index is 11.9. The maximum Gasteiger partial charge on any atom is 0.250 e. The van der Waals surface area contributed by atoms with Crippen molar-refractivity contribution in [2.24, 2.45) is 0 Å². The van der Waals surface area contributed by atoms with Crippen molar-refractivity contribution in [2.75, 3.05) is 19.7 Å². The Morgan fingerprint density at radius 3 is 2.58 bits per heavy atom. The Morgan fingerprint density at radius 2 is 1.92 bits per heavy atom. The molecular formula is C16H20N2O4S2. The van der Waals surface area contributed by atoms with Crippen molar-refractivity contribution in [3.63, 3.8) is 0 Å². The Labute approximate surface area is 145 Å². The van der Waals surface area contributed by atoms with Gasteiger partial charge in [-0.15, -0.1) is 11.3 Å². The first-order chi connectivity index (χ1) is 11.5. The predicted molar refractivity (Wildman–Crippen MR) is 93.8 cm³/mol. The van der Waals surface area contributed by atoms with Gasteiger partial charge in [0.05, 0.1) is 6.54 Å². The Morgan fingerprint density at radius 1 is 1.17 bits per heavy atom. The minimum atomic E-state index is -3.51. The number of hydrogen-bond acceptors (Lipinski definition) is 5.